The zero-order valence-corrected chi connectivity index (χ0v) is 15.7. The molecule has 140 valence electrons. The van der Waals surface area contributed by atoms with Crippen LogP contribution in [0.3, 0.4) is 0 Å². The highest BCUT2D eigenvalue weighted by molar-refractivity contribution is 7.89. The monoisotopic (exact) mass is 384 g/mol. The predicted molar refractivity (Wildman–Crippen MR) is 103 cm³/mol. The Morgan fingerprint density at radius 1 is 1.19 bits per heavy atom. The van der Waals surface area contributed by atoms with Crippen molar-refractivity contribution in [3.8, 4) is 0 Å². The van der Waals surface area contributed by atoms with E-state index in [0.717, 1.165) is 23.9 Å². The Balaban J connectivity index is 1.64. The van der Waals surface area contributed by atoms with Crippen molar-refractivity contribution < 1.29 is 13.2 Å². The smallest absolute Gasteiger partial charge is 0.243 e. The van der Waals surface area contributed by atoms with E-state index in [9.17, 15) is 13.2 Å². The molecule has 3 aromatic rings. The number of carbonyl (C=O) groups is 1. The molecule has 7 nitrogen and oxygen atoms in total. The SMILES string of the molecule is CC(=O)Nc1ccc(S(=O)(=O)N2CCC[C@H]2c2nc3ccccc3[nH]2)cc1. The van der Waals surface area contributed by atoms with E-state index in [0.29, 0.717) is 18.1 Å². The number of H-pyrrole nitrogens is 1. The molecule has 1 aliphatic rings. The highest BCUT2D eigenvalue weighted by Crippen LogP contribution is 2.36. The summed E-state index contributed by atoms with van der Waals surface area (Å²) < 4.78 is 27.8. The van der Waals surface area contributed by atoms with Crippen molar-refractivity contribution in [2.24, 2.45) is 0 Å². The van der Waals surface area contributed by atoms with Gasteiger partial charge in [0.2, 0.25) is 15.9 Å². The van der Waals surface area contributed by atoms with Crippen molar-refractivity contribution in [3.63, 3.8) is 0 Å². The maximum absolute atomic E-state index is 13.2. The molecule has 4 rings (SSSR count). The number of amides is 1. The van der Waals surface area contributed by atoms with Gasteiger partial charge < -0.3 is 10.3 Å². The van der Waals surface area contributed by atoms with Gasteiger partial charge in [-0.05, 0) is 49.2 Å². The van der Waals surface area contributed by atoms with E-state index in [2.05, 4.69) is 15.3 Å². The molecule has 2 heterocycles. The number of para-hydroxylation sites is 2. The second-order valence-corrected chi connectivity index (χ2v) is 8.51. The molecule has 1 fully saturated rings. The van der Waals surface area contributed by atoms with E-state index < -0.39 is 10.0 Å². The van der Waals surface area contributed by atoms with Gasteiger partial charge in [-0.2, -0.15) is 4.31 Å². The topological polar surface area (TPSA) is 95.2 Å². The number of carbonyl (C=O) groups excluding carboxylic acids is 1. The predicted octanol–water partition coefficient (Wildman–Crippen LogP) is 3.05. The summed E-state index contributed by atoms with van der Waals surface area (Å²) in [4.78, 5) is 19.2. The molecule has 2 N–H and O–H groups in total. The molecular formula is C19H20N4O3S. The number of nitrogens with one attached hydrogen (secondary N) is 2. The summed E-state index contributed by atoms with van der Waals surface area (Å²) in [7, 11) is -3.66. The van der Waals surface area contributed by atoms with Crippen LogP contribution in [-0.2, 0) is 14.8 Å². The number of anilines is 1. The van der Waals surface area contributed by atoms with Crippen LogP contribution in [0.4, 0.5) is 5.69 Å². The average molecular weight is 384 g/mol. The van der Waals surface area contributed by atoms with Gasteiger partial charge in [0.25, 0.3) is 0 Å². The zero-order chi connectivity index (χ0) is 19.0. The fourth-order valence-electron chi connectivity index (χ4n) is 3.48. The van der Waals surface area contributed by atoms with Crippen molar-refractivity contribution in [1.82, 2.24) is 14.3 Å². The van der Waals surface area contributed by atoms with Gasteiger partial charge in [0, 0.05) is 19.2 Å². The highest BCUT2D eigenvalue weighted by atomic mass is 32.2. The van der Waals surface area contributed by atoms with Gasteiger partial charge in [-0.25, -0.2) is 13.4 Å². The van der Waals surface area contributed by atoms with E-state index in [4.69, 9.17) is 0 Å². The van der Waals surface area contributed by atoms with E-state index in [1.807, 2.05) is 24.3 Å². The van der Waals surface area contributed by atoms with Crippen molar-refractivity contribution in [2.75, 3.05) is 11.9 Å². The lowest BCUT2D eigenvalue weighted by Crippen LogP contribution is -2.31. The number of fused-ring (bicyclic) bond motifs is 1. The Kier molecular flexibility index (Phi) is 4.45. The van der Waals surface area contributed by atoms with Crippen molar-refractivity contribution in [3.05, 3.63) is 54.4 Å². The van der Waals surface area contributed by atoms with Crippen LogP contribution in [0, 0.1) is 0 Å². The molecule has 0 spiro atoms. The number of hydrogen-bond donors (Lipinski definition) is 2. The largest absolute Gasteiger partial charge is 0.341 e. The van der Waals surface area contributed by atoms with Crippen molar-refractivity contribution >= 4 is 32.7 Å². The Hall–Kier alpha value is -2.71. The standard InChI is InChI=1S/C19H20N4O3S/c1-13(24)20-14-8-10-15(11-9-14)27(25,26)23-12-4-7-18(23)19-21-16-5-2-3-6-17(16)22-19/h2-3,5-6,8-11,18H,4,7,12H2,1H3,(H,20,24)(H,21,22)/t18-/m0/s1. The van der Waals surface area contributed by atoms with Gasteiger partial charge in [0.15, 0.2) is 0 Å². The number of nitrogens with zero attached hydrogens (tertiary/aromatic N) is 2. The fraction of sp³-hybridized carbons (Fsp3) is 0.263. The van der Waals surface area contributed by atoms with Gasteiger partial charge in [0.1, 0.15) is 5.82 Å². The minimum absolute atomic E-state index is 0.199. The number of sulfonamides is 1. The van der Waals surface area contributed by atoms with Crippen molar-refractivity contribution in [1.29, 1.82) is 0 Å². The van der Waals surface area contributed by atoms with E-state index >= 15 is 0 Å². The number of rotatable bonds is 4. The molecule has 0 aliphatic carbocycles. The summed E-state index contributed by atoms with van der Waals surface area (Å²) >= 11 is 0. The lowest BCUT2D eigenvalue weighted by atomic mass is 10.2. The van der Waals surface area contributed by atoms with Gasteiger partial charge >= 0.3 is 0 Å². The van der Waals surface area contributed by atoms with Crippen LogP contribution >= 0.6 is 0 Å². The van der Waals surface area contributed by atoms with Gasteiger partial charge in [0.05, 0.1) is 22.0 Å². The quantitative estimate of drug-likeness (QED) is 0.723. The first-order valence-electron chi connectivity index (χ1n) is 8.79. The molecule has 8 heteroatoms. The number of hydrogen-bond acceptors (Lipinski definition) is 4. The lowest BCUT2D eigenvalue weighted by Gasteiger charge is -2.22. The summed E-state index contributed by atoms with van der Waals surface area (Å²) in [6, 6.07) is 13.6. The first-order valence-corrected chi connectivity index (χ1v) is 10.2. The Bertz CT molecular complexity index is 1060. The number of imidazole rings is 1. The number of benzene rings is 2. The van der Waals surface area contributed by atoms with Crippen LogP contribution in [0.2, 0.25) is 0 Å². The summed E-state index contributed by atoms with van der Waals surface area (Å²) in [6.45, 7) is 1.87. The summed E-state index contributed by atoms with van der Waals surface area (Å²) in [5.41, 5.74) is 2.30. The normalized spacial score (nSPS) is 18.0. The minimum atomic E-state index is -3.66. The third-order valence-corrected chi connectivity index (χ3v) is 6.63. The van der Waals surface area contributed by atoms with Crippen LogP contribution in [0.1, 0.15) is 31.6 Å². The third kappa shape index (κ3) is 3.33. The first-order chi connectivity index (χ1) is 12.9. The number of aromatic amines is 1. The van der Waals surface area contributed by atoms with Gasteiger partial charge in [-0.15, -0.1) is 0 Å². The Labute approximate surface area is 157 Å². The second-order valence-electron chi connectivity index (χ2n) is 6.62. The molecule has 2 aromatic carbocycles. The minimum Gasteiger partial charge on any atom is -0.341 e. The van der Waals surface area contributed by atoms with Crippen LogP contribution in [0.15, 0.2) is 53.4 Å². The van der Waals surface area contributed by atoms with Gasteiger partial charge in [-0.3, -0.25) is 4.79 Å². The second kappa shape index (κ2) is 6.79. The summed E-state index contributed by atoms with van der Waals surface area (Å²) in [6.07, 6.45) is 1.51. The average Bonchev–Trinajstić information content (AvgIpc) is 3.28. The fourth-order valence-corrected chi connectivity index (χ4v) is 5.14. The van der Waals surface area contributed by atoms with Gasteiger partial charge in [-0.1, -0.05) is 12.1 Å². The maximum atomic E-state index is 13.2. The van der Waals surface area contributed by atoms with Crippen LogP contribution in [-0.4, -0.2) is 35.1 Å². The lowest BCUT2D eigenvalue weighted by molar-refractivity contribution is -0.114. The molecule has 1 aliphatic heterocycles. The molecule has 1 saturated heterocycles. The third-order valence-electron chi connectivity index (χ3n) is 4.71. The molecule has 0 bridgehead atoms. The maximum Gasteiger partial charge on any atom is 0.243 e. The zero-order valence-electron chi connectivity index (χ0n) is 14.8. The summed E-state index contributed by atoms with van der Waals surface area (Å²) in [5.74, 6) is 0.474. The molecule has 1 aromatic heterocycles. The molecule has 1 atom stereocenters. The molecule has 27 heavy (non-hydrogen) atoms. The number of aromatic nitrogens is 2. The molecule has 0 unspecified atom stereocenters. The molecular weight excluding hydrogens is 364 g/mol. The van der Waals surface area contributed by atoms with Crippen molar-refractivity contribution in [2.45, 2.75) is 30.7 Å². The van der Waals surface area contributed by atoms with Crippen LogP contribution in [0.5, 0.6) is 0 Å². The molecule has 0 saturated carbocycles. The first kappa shape index (κ1) is 17.7. The summed E-state index contributed by atoms with van der Waals surface area (Å²) in [5, 5.41) is 2.64. The van der Waals surface area contributed by atoms with E-state index in [-0.39, 0.29) is 16.8 Å². The molecule has 1 amide bonds. The van der Waals surface area contributed by atoms with Crippen LogP contribution < -0.4 is 5.32 Å². The van der Waals surface area contributed by atoms with E-state index in [1.165, 1.54) is 23.4 Å². The Morgan fingerprint density at radius 2 is 1.93 bits per heavy atom. The van der Waals surface area contributed by atoms with E-state index in [1.54, 1.807) is 12.1 Å². The molecule has 0 radical (unpaired) electrons. The highest BCUT2D eigenvalue weighted by Gasteiger charge is 2.37. The Morgan fingerprint density at radius 3 is 2.63 bits per heavy atom. The van der Waals surface area contributed by atoms with Crippen LogP contribution in [0.25, 0.3) is 11.0 Å².